The molecule has 1 aromatic carbocycles. The summed E-state index contributed by atoms with van der Waals surface area (Å²) in [6.07, 6.45) is -0.540. The molecule has 0 heterocycles. The van der Waals surface area contributed by atoms with E-state index in [1.165, 1.54) is 7.05 Å². The quantitative estimate of drug-likeness (QED) is 0.487. The van der Waals surface area contributed by atoms with Crippen LogP contribution in [0.2, 0.25) is 0 Å². The first-order valence-electron chi connectivity index (χ1n) is 7.41. The molecule has 0 aliphatic carbocycles. The van der Waals surface area contributed by atoms with Crippen molar-refractivity contribution in [2.24, 2.45) is 5.11 Å². The smallest absolute Gasteiger partial charge is 0.410 e. The van der Waals surface area contributed by atoms with Crippen LogP contribution in [0.15, 0.2) is 29.4 Å². The highest BCUT2D eigenvalue weighted by Gasteiger charge is 2.30. The molecule has 0 saturated carbocycles. The number of carboxylic acid groups (broad SMARTS) is 1. The second-order valence-corrected chi connectivity index (χ2v) is 6.35. The number of amides is 1. The van der Waals surface area contributed by atoms with Gasteiger partial charge in [0.2, 0.25) is 0 Å². The molecule has 0 fully saturated rings. The van der Waals surface area contributed by atoms with Gasteiger partial charge in [-0.2, -0.15) is 0 Å². The van der Waals surface area contributed by atoms with Gasteiger partial charge in [0.15, 0.2) is 0 Å². The lowest BCUT2D eigenvalue weighted by atomic mass is 10.0. The predicted octanol–water partition coefficient (Wildman–Crippen LogP) is 3.36. The van der Waals surface area contributed by atoms with Crippen molar-refractivity contribution in [2.75, 3.05) is 7.05 Å². The Morgan fingerprint density at radius 2 is 1.83 bits per heavy atom. The summed E-state index contributed by atoms with van der Waals surface area (Å²) in [5.74, 6) is -1.11. The molecule has 1 atom stereocenters. The van der Waals surface area contributed by atoms with Crippen LogP contribution in [-0.2, 0) is 22.5 Å². The molecule has 8 heteroatoms. The largest absolute Gasteiger partial charge is 0.480 e. The maximum absolute atomic E-state index is 12.1. The molecule has 24 heavy (non-hydrogen) atoms. The van der Waals surface area contributed by atoms with Gasteiger partial charge in [-0.15, -0.1) is 0 Å². The van der Waals surface area contributed by atoms with Crippen LogP contribution in [0, 0.1) is 0 Å². The van der Waals surface area contributed by atoms with Crippen molar-refractivity contribution < 1.29 is 19.4 Å². The number of nitrogens with zero attached hydrogens (tertiary/aromatic N) is 4. The Kier molecular flexibility index (Phi) is 6.61. The maximum Gasteiger partial charge on any atom is 0.410 e. The monoisotopic (exact) mass is 334 g/mol. The van der Waals surface area contributed by atoms with Gasteiger partial charge in [0.05, 0.1) is 6.54 Å². The van der Waals surface area contributed by atoms with Crippen LogP contribution < -0.4 is 0 Å². The zero-order chi connectivity index (χ0) is 18.3. The minimum atomic E-state index is -1.11. The van der Waals surface area contributed by atoms with Crippen LogP contribution in [0.3, 0.4) is 0 Å². The van der Waals surface area contributed by atoms with Gasteiger partial charge in [0.1, 0.15) is 11.6 Å². The van der Waals surface area contributed by atoms with Crippen molar-refractivity contribution in [1.82, 2.24) is 4.90 Å². The summed E-state index contributed by atoms with van der Waals surface area (Å²) in [5.41, 5.74) is 9.18. The molecular formula is C16H22N4O4. The number of benzene rings is 1. The number of carbonyl (C=O) groups is 2. The van der Waals surface area contributed by atoms with Gasteiger partial charge in [0.25, 0.3) is 0 Å². The number of carboxylic acids is 1. The number of aliphatic carboxylic acids is 1. The molecule has 0 unspecified atom stereocenters. The van der Waals surface area contributed by atoms with Crippen LogP contribution in [0.4, 0.5) is 4.79 Å². The van der Waals surface area contributed by atoms with Gasteiger partial charge in [-0.25, -0.2) is 9.59 Å². The molecule has 1 rings (SSSR count). The van der Waals surface area contributed by atoms with Crippen molar-refractivity contribution in [2.45, 2.75) is 45.4 Å². The zero-order valence-electron chi connectivity index (χ0n) is 14.3. The molecule has 0 aliphatic heterocycles. The van der Waals surface area contributed by atoms with Crippen LogP contribution in [0.5, 0.6) is 0 Å². The zero-order valence-corrected chi connectivity index (χ0v) is 14.3. The van der Waals surface area contributed by atoms with E-state index in [2.05, 4.69) is 10.0 Å². The molecule has 0 radical (unpaired) electrons. The third-order valence-corrected chi connectivity index (χ3v) is 3.20. The number of hydrogen-bond acceptors (Lipinski definition) is 4. The van der Waals surface area contributed by atoms with E-state index >= 15 is 0 Å². The van der Waals surface area contributed by atoms with Gasteiger partial charge in [0, 0.05) is 18.4 Å². The molecule has 0 spiro atoms. The van der Waals surface area contributed by atoms with E-state index < -0.39 is 23.7 Å². The van der Waals surface area contributed by atoms with E-state index in [9.17, 15) is 14.7 Å². The maximum atomic E-state index is 12.1. The Balaban J connectivity index is 2.84. The highest BCUT2D eigenvalue weighted by atomic mass is 16.6. The Hall–Kier alpha value is -2.73. The Morgan fingerprint density at radius 3 is 2.29 bits per heavy atom. The number of ether oxygens (including phenoxy) is 1. The van der Waals surface area contributed by atoms with Crippen LogP contribution in [0.25, 0.3) is 10.4 Å². The topological polar surface area (TPSA) is 116 Å². The molecule has 1 N–H and O–H groups in total. The lowest BCUT2D eigenvalue weighted by molar-refractivity contribution is -0.142. The molecule has 0 aliphatic rings. The molecule has 1 aromatic rings. The summed E-state index contributed by atoms with van der Waals surface area (Å²) in [6.45, 7) is 5.39. The highest BCUT2D eigenvalue weighted by molar-refractivity contribution is 5.80. The first kappa shape index (κ1) is 19.3. The molecule has 8 nitrogen and oxygen atoms in total. The minimum Gasteiger partial charge on any atom is -0.480 e. The third kappa shape index (κ3) is 6.18. The SMILES string of the molecule is CN(C(=O)OC(C)(C)C)[C@@H](Cc1ccc(CN=[N+]=[N-])cc1)C(=O)O. The summed E-state index contributed by atoms with van der Waals surface area (Å²) in [5, 5.41) is 12.9. The molecular weight excluding hydrogens is 312 g/mol. The lowest BCUT2D eigenvalue weighted by Gasteiger charge is -2.28. The van der Waals surface area contributed by atoms with Crippen molar-refractivity contribution in [3.63, 3.8) is 0 Å². The van der Waals surface area contributed by atoms with E-state index in [0.29, 0.717) is 0 Å². The fraction of sp³-hybridized carbons (Fsp3) is 0.500. The van der Waals surface area contributed by atoms with E-state index in [1.807, 2.05) is 0 Å². The summed E-state index contributed by atoms with van der Waals surface area (Å²) in [4.78, 5) is 27.4. The van der Waals surface area contributed by atoms with Crippen molar-refractivity contribution in [3.05, 3.63) is 45.8 Å². The molecule has 0 bridgehead atoms. The van der Waals surface area contributed by atoms with Crippen molar-refractivity contribution in [1.29, 1.82) is 0 Å². The van der Waals surface area contributed by atoms with E-state index in [1.54, 1.807) is 45.0 Å². The number of azide groups is 1. The van der Waals surface area contributed by atoms with Gasteiger partial charge in [-0.3, -0.25) is 4.90 Å². The van der Waals surface area contributed by atoms with Crippen LogP contribution in [-0.4, -0.2) is 40.8 Å². The standard InChI is InChI=1S/C16H22N4O4/c1-16(2,3)24-15(23)20(4)13(14(21)22)9-11-5-7-12(8-6-11)10-18-19-17/h5-8,13H,9-10H2,1-4H3,(H,21,22)/t13-/m0/s1. The first-order valence-corrected chi connectivity index (χ1v) is 7.41. The second kappa shape index (κ2) is 8.21. The Labute approximate surface area is 140 Å². The van der Waals surface area contributed by atoms with Crippen molar-refractivity contribution >= 4 is 12.1 Å². The van der Waals surface area contributed by atoms with Gasteiger partial charge >= 0.3 is 12.1 Å². The fourth-order valence-electron chi connectivity index (χ4n) is 1.97. The minimum absolute atomic E-state index is 0.146. The molecule has 0 aromatic heterocycles. The number of hydrogen-bond donors (Lipinski definition) is 1. The third-order valence-electron chi connectivity index (χ3n) is 3.20. The second-order valence-electron chi connectivity index (χ2n) is 6.35. The number of likely N-dealkylation sites (N-methyl/N-ethyl adjacent to an activating group) is 1. The van der Waals surface area contributed by atoms with Gasteiger partial charge in [-0.05, 0) is 37.4 Å². The molecule has 0 saturated heterocycles. The summed E-state index contributed by atoms with van der Waals surface area (Å²) in [6, 6.07) is 5.98. The van der Waals surface area contributed by atoms with E-state index in [4.69, 9.17) is 10.3 Å². The molecule has 130 valence electrons. The van der Waals surface area contributed by atoms with Gasteiger partial charge in [-0.1, -0.05) is 29.4 Å². The fourth-order valence-corrected chi connectivity index (χ4v) is 1.97. The average molecular weight is 334 g/mol. The van der Waals surface area contributed by atoms with E-state index in [-0.39, 0.29) is 13.0 Å². The van der Waals surface area contributed by atoms with E-state index in [0.717, 1.165) is 16.0 Å². The first-order chi connectivity index (χ1) is 11.1. The van der Waals surface area contributed by atoms with Gasteiger partial charge < -0.3 is 9.84 Å². The average Bonchev–Trinajstić information content (AvgIpc) is 2.49. The summed E-state index contributed by atoms with van der Waals surface area (Å²) >= 11 is 0. The Morgan fingerprint density at radius 1 is 1.29 bits per heavy atom. The Bertz CT molecular complexity index is 630. The lowest BCUT2D eigenvalue weighted by Crippen LogP contribution is -2.46. The predicted molar refractivity (Wildman–Crippen MR) is 88.4 cm³/mol. The highest BCUT2D eigenvalue weighted by Crippen LogP contribution is 2.15. The normalized spacial score (nSPS) is 12.0. The number of carbonyl (C=O) groups excluding carboxylic acids is 1. The number of rotatable bonds is 6. The summed E-state index contributed by atoms with van der Waals surface area (Å²) < 4.78 is 5.21. The molecule has 1 amide bonds. The van der Waals surface area contributed by atoms with Crippen LogP contribution >= 0.6 is 0 Å². The van der Waals surface area contributed by atoms with Crippen LogP contribution in [0.1, 0.15) is 31.9 Å². The van der Waals surface area contributed by atoms with Crippen molar-refractivity contribution in [3.8, 4) is 0 Å². The summed E-state index contributed by atoms with van der Waals surface area (Å²) in [7, 11) is 1.41.